The maximum atomic E-state index is 12.8. The Kier molecular flexibility index (Phi) is 7.25. The van der Waals surface area contributed by atoms with Gasteiger partial charge in [-0.3, -0.25) is 23.5 Å². The van der Waals surface area contributed by atoms with Crippen LogP contribution >= 0.6 is 0 Å². The number of hydrogen-bond acceptors (Lipinski definition) is 4. The number of hydrogen-bond donors (Lipinski definition) is 2. The third-order valence-corrected chi connectivity index (χ3v) is 5.49. The molecule has 0 aliphatic carbocycles. The summed E-state index contributed by atoms with van der Waals surface area (Å²) >= 11 is 0. The molecule has 1 atom stereocenters. The average Bonchev–Trinajstić information content (AvgIpc) is 2.80. The van der Waals surface area contributed by atoms with Gasteiger partial charge in [0.2, 0.25) is 11.8 Å². The van der Waals surface area contributed by atoms with Crippen molar-refractivity contribution < 1.29 is 9.59 Å². The van der Waals surface area contributed by atoms with E-state index in [1.165, 1.54) is 4.57 Å². The van der Waals surface area contributed by atoms with Gasteiger partial charge in [0.1, 0.15) is 6.54 Å². The minimum Gasteiger partial charge on any atom is -0.350 e. The molecule has 1 heterocycles. The van der Waals surface area contributed by atoms with Crippen molar-refractivity contribution in [2.75, 3.05) is 5.32 Å². The largest absolute Gasteiger partial charge is 0.350 e. The van der Waals surface area contributed by atoms with E-state index >= 15 is 0 Å². The first-order chi connectivity index (χ1) is 15.3. The predicted octanol–water partition coefficient (Wildman–Crippen LogP) is 2.48. The van der Waals surface area contributed by atoms with Crippen molar-refractivity contribution in [2.24, 2.45) is 5.92 Å². The van der Waals surface area contributed by atoms with Crippen molar-refractivity contribution in [3.8, 4) is 0 Å². The van der Waals surface area contributed by atoms with Gasteiger partial charge in [-0.2, -0.15) is 0 Å². The lowest BCUT2D eigenvalue weighted by atomic mass is 10.1. The number of para-hydroxylation sites is 1. The number of nitrogens with one attached hydrogen (secondary N) is 2. The standard InChI is InChI=1S/C24H28N4O4/c1-4-16(3)22(30)26-18-10-8-9-17(13-18)14-25-21(29)15-28-20-12-7-6-11-19(20)23(31)27(5-2)24(28)32/h6-13,16H,4-5,14-15H2,1-3H3,(H,25,29)(H,26,30). The smallest absolute Gasteiger partial charge is 0.331 e. The Labute approximate surface area is 185 Å². The second-order valence-corrected chi connectivity index (χ2v) is 7.71. The molecule has 1 unspecified atom stereocenters. The number of carbonyl (C=O) groups excluding carboxylic acids is 2. The molecule has 0 aliphatic rings. The molecule has 0 radical (unpaired) electrons. The van der Waals surface area contributed by atoms with Gasteiger partial charge in [-0.25, -0.2) is 4.79 Å². The SMILES string of the molecule is CCC(C)C(=O)Nc1cccc(CNC(=O)Cn2c(=O)n(CC)c(=O)c3ccccc32)c1. The van der Waals surface area contributed by atoms with E-state index in [2.05, 4.69) is 10.6 Å². The number of rotatable bonds is 8. The molecule has 0 aliphatic heterocycles. The molecule has 2 N–H and O–H groups in total. The lowest BCUT2D eigenvalue weighted by molar-refractivity contribution is -0.122. The Hall–Kier alpha value is -3.68. The second kappa shape index (κ2) is 10.1. The fraction of sp³-hybridized carbons (Fsp3) is 0.333. The lowest BCUT2D eigenvalue weighted by Gasteiger charge is -2.14. The monoisotopic (exact) mass is 436 g/mol. The maximum absolute atomic E-state index is 12.8. The van der Waals surface area contributed by atoms with Gasteiger partial charge in [0, 0.05) is 24.7 Å². The Morgan fingerprint density at radius 3 is 2.47 bits per heavy atom. The molecule has 0 saturated carbocycles. The minimum absolute atomic E-state index is 0.0500. The molecular weight excluding hydrogens is 408 g/mol. The third kappa shape index (κ3) is 4.96. The van der Waals surface area contributed by atoms with Crippen LogP contribution in [-0.4, -0.2) is 20.9 Å². The first-order valence-electron chi connectivity index (χ1n) is 10.7. The highest BCUT2D eigenvalue weighted by Gasteiger charge is 2.14. The summed E-state index contributed by atoms with van der Waals surface area (Å²) in [6, 6.07) is 14.0. The van der Waals surface area contributed by atoms with Gasteiger partial charge >= 0.3 is 5.69 Å². The number of nitrogens with zero attached hydrogens (tertiary/aromatic N) is 2. The highest BCUT2D eigenvalue weighted by Crippen LogP contribution is 2.13. The zero-order valence-electron chi connectivity index (χ0n) is 18.6. The van der Waals surface area contributed by atoms with Crippen LogP contribution in [0.5, 0.6) is 0 Å². The number of amides is 2. The summed E-state index contributed by atoms with van der Waals surface area (Å²) in [6.45, 7) is 5.80. The number of benzene rings is 2. The molecule has 0 bridgehead atoms. The summed E-state index contributed by atoms with van der Waals surface area (Å²) in [6.07, 6.45) is 0.751. The fourth-order valence-electron chi connectivity index (χ4n) is 3.41. The van der Waals surface area contributed by atoms with Gasteiger partial charge in [-0.1, -0.05) is 38.1 Å². The van der Waals surface area contributed by atoms with E-state index in [1.54, 1.807) is 43.3 Å². The van der Waals surface area contributed by atoms with E-state index in [1.807, 2.05) is 26.0 Å². The van der Waals surface area contributed by atoms with E-state index in [4.69, 9.17) is 0 Å². The highest BCUT2D eigenvalue weighted by atomic mass is 16.2. The molecule has 0 fully saturated rings. The van der Waals surface area contributed by atoms with Crippen LogP contribution in [0.1, 0.15) is 32.8 Å². The van der Waals surface area contributed by atoms with E-state index < -0.39 is 5.69 Å². The van der Waals surface area contributed by atoms with Crippen molar-refractivity contribution in [1.82, 2.24) is 14.5 Å². The molecule has 3 aromatic rings. The van der Waals surface area contributed by atoms with Gasteiger partial charge in [-0.05, 0) is 43.2 Å². The number of carbonyl (C=O) groups is 2. The van der Waals surface area contributed by atoms with Gasteiger partial charge in [0.05, 0.1) is 10.9 Å². The van der Waals surface area contributed by atoms with Gasteiger partial charge in [-0.15, -0.1) is 0 Å². The fourth-order valence-corrected chi connectivity index (χ4v) is 3.41. The summed E-state index contributed by atoms with van der Waals surface area (Å²) < 4.78 is 2.44. The Morgan fingerprint density at radius 2 is 1.75 bits per heavy atom. The van der Waals surface area contributed by atoms with Crippen molar-refractivity contribution in [3.63, 3.8) is 0 Å². The van der Waals surface area contributed by atoms with E-state index in [9.17, 15) is 19.2 Å². The quantitative estimate of drug-likeness (QED) is 0.566. The Morgan fingerprint density at radius 1 is 1.00 bits per heavy atom. The molecule has 2 aromatic carbocycles. The molecule has 3 rings (SSSR count). The van der Waals surface area contributed by atoms with E-state index in [0.717, 1.165) is 16.6 Å². The van der Waals surface area contributed by atoms with Crippen molar-refractivity contribution in [1.29, 1.82) is 0 Å². The highest BCUT2D eigenvalue weighted by molar-refractivity contribution is 5.92. The molecule has 0 saturated heterocycles. The molecule has 0 spiro atoms. The normalized spacial score (nSPS) is 11.8. The number of anilines is 1. The van der Waals surface area contributed by atoms with Crippen LogP contribution in [0.25, 0.3) is 10.9 Å². The van der Waals surface area contributed by atoms with Gasteiger partial charge in [0.15, 0.2) is 0 Å². The van der Waals surface area contributed by atoms with Crippen LogP contribution in [0.2, 0.25) is 0 Å². The summed E-state index contributed by atoms with van der Waals surface area (Å²) in [7, 11) is 0. The summed E-state index contributed by atoms with van der Waals surface area (Å²) in [5.41, 5.74) is 1.04. The summed E-state index contributed by atoms with van der Waals surface area (Å²) in [5, 5.41) is 6.08. The van der Waals surface area contributed by atoms with Crippen molar-refractivity contribution >= 4 is 28.4 Å². The topological polar surface area (TPSA) is 102 Å². The zero-order chi connectivity index (χ0) is 23.3. The molecule has 8 heteroatoms. The van der Waals surface area contributed by atoms with E-state index in [-0.39, 0.29) is 42.9 Å². The first-order valence-corrected chi connectivity index (χ1v) is 10.7. The van der Waals surface area contributed by atoms with Crippen LogP contribution in [0, 0.1) is 5.92 Å². The van der Waals surface area contributed by atoms with E-state index in [0.29, 0.717) is 16.6 Å². The van der Waals surface area contributed by atoms with Crippen LogP contribution in [0.4, 0.5) is 5.69 Å². The molecular formula is C24H28N4O4. The summed E-state index contributed by atoms with van der Waals surface area (Å²) in [5.74, 6) is -0.489. The molecule has 8 nitrogen and oxygen atoms in total. The van der Waals surface area contributed by atoms with Crippen LogP contribution in [-0.2, 0) is 29.2 Å². The Bertz CT molecular complexity index is 1260. The average molecular weight is 437 g/mol. The Balaban J connectivity index is 1.75. The van der Waals surface area contributed by atoms with Crippen molar-refractivity contribution in [3.05, 3.63) is 74.9 Å². The second-order valence-electron chi connectivity index (χ2n) is 7.71. The lowest BCUT2D eigenvalue weighted by Crippen LogP contribution is -2.42. The third-order valence-electron chi connectivity index (χ3n) is 5.49. The zero-order valence-corrected chi connectivity index (χ0v) is 18.6. The molecule has 32 heavy (non-hydrogen) atoms. The molecule has 168 valence electrons. The first kappa shape index (κ1) is 23.0. The van der Waals surface area contributed by atoms with Crippen LogP contribution in [0.3, 0.4) is 0 Å². The molecule has 2 amide bonds. The van der Waals surface area contributed by atoms with Gasteiger partial charge in [0.25, 0.3) is 5.56 Å². The minimum atomic E-state index is -0.513. The number of fused-ring (bicyclic) bond motifs is 1. The predicted molar refractivity (Wildman–Crippen MR) is 125 cm³/mol. The van der Waals surface area contributed by atoms with Gasteiger partial charge < -0.3 is 10.6 Å². The maximum Gasteiger partial charge on any atom is 0.331 e. The summed E-state index contributed by atoms with van der Waals surface area (Å²) in [4.78, 5) is 50.0. The van der Waals surface area contributed by atoms with Crippen LogP contribution < -0.4 is 21.9 Å². The molecule has 1 aromatic heterocycles. The van der Waals surface area contributed by atoms with Crippen LogP contribution in [0.15, 0.2) is 58.1 Å². The number of aromatic nitrogens is 2. The van der Waals surface area contributed by atoms with Crippen molar-refractivity contribution in [2.45, 2.75) is 46.8 Å².